The molecule has 1 amide bonds. The summed E-state index contributed by atoms with van der Waals surface area (Å²) in [6, 6.07) is 3.10. The number of amides is 1. The van der Waals surface area contributed by atoms with Crippen LogP contribution < -0.4 is 10.2 Å². The van der Waals surface area contributed by atoms with Crippen molar-refractivity contribution in [2.75, 3.05) is 24.5 Å². The van der Waals surface area contributed by atoms with E-state index in [2.05, 4.69) is 21.2 Å². The summed E-state index contributed by atoms with van der Waals surface area (Å²) in [6.45, 7) is 3.53. The molecule has 0 spiro atoms. The van der Waals surface area contributed by atoms with Crippen LogP contribution in [0.15, 0.2) is 16.6 Å². The fourth-order valence-corrected chi connectivity index (χ4v) is 2.12. The lowest BCUT2D eigenvalue weighted by molar-refractivity contribution is -0.118. The number of nitrogens with one attached hydrogen (secondary N) is 1. The maximum Gasteiger partial charge on any atom is 0.240 e. The molecule has 2 rings (SSSR count). The summed E-state index contributed by atoms with van der Waals surface area (Å²) in [5.41, 5.74) is 1.55. The van der Waals surface area contributed by atoms with Crippen molar-refractivity contribution in [2.24, 2.45) is 0 Å². The standard InChI is InChI=1S/C11H12BrFN2O/c1-7-4-9(13)8(12)5-10(7)15-3-2-14-6-11(15)16/h4-5,14H,2-3,6H2,1H3. The van der Waals surface area contributed by atoms with E-state index in [9.17, 15) is 9.18 Å². The Hall–Kier alpha value is -0.940. The van der Waals surface area contributed by atoms with Gasteiger partial charge in [0.25, 0.3) is 0 Å². The van der Waals surface area contributed by atoms with Crippen molar-refractivity contribution < 1.29 is 9.18 Å². The van der Waals surface area contributed by atoms with Gasteiger partial charge in [0.05, 0.1) is 11.0 Å². The van der Waals surface area contributed by atoms with Gasteiger partial charge in [-0.1, -0.05) is 0 Å². The number of carbonyl (C=O) groups excluding carboxylic acids is 1. The molecule has 0 aliphatic carbocycles. The Bertz CT molecular complexity index is 436. The molecule has 0 unspecified atom stereocenters. The first-order valence-corrected chi connectivity index (χ1v) is 5.85. The number of hydrogen-bond acceptors (Lipinski definition) is 2. The number of piperazine rings is 1. The highest BCUT2D eigenvalue weighted by molar-refractivity contribution is 9.10. The molecule has 1 heterocycles. The molecule has 0 aromatic heterocycles. The van der Waals surface area contributed by atoms with Crippen molar-refractivity contribution in [1.82, 2.24) is 5.32 Å². The first kappa shape index (κ1) is 11.5. The van der Waals surface area contributed by atoms with Crippen molar-refractivity contribution in [3.05, 3.63) is 28.0 Å². The van der Waals surface area contributed by atoms with Gasteiger partial charge in [-0.05, 0) is 40.5 Å². The topological polar surface area (TPSA) is 32.3 Å². The third kappa shape index (κ3) is 2.10. The highest BCUT2D eigenvalue weighted by Gasteiger charge is 2.21. The number of benzene rings is 1. The quantitative estimate of drug-likeness (QED) is 0.854. The van der Waals surface area contributed by atoms with Crippen molar-refractivity contribution in [2.45, 2.75) is 6.92 Å². The minimum absolute atomic E-state index is 0.0212. The second-order valence-corrected chi connectivity index (χ2v) is 4.63. The number of hydrogen-bond donors (Lipinski definition) is 1. The van der Waals surface area contributed by atoms with Gasteiger partial charge in [-0.15, -0.1) is 0 Å². The summed E-state index contributed by atoms with van der Waals surface area (Å²) in [7, 11) is 0. The molecule has 86 valence electrons. The lowest BCUT2D eigenvalue weighted by Crippen LogP contribution is -2.48. The average Bonchev–Trinajstić information content (AvgIpc) is 2.25. The van der Waals surface area contributed by atoms with Gasteiger partial charge in [-0.3, -0.25) is 4.79 Å². The molecule has 3 nitrogen and oxygen atoms in total. The molecular weight excluding hydrogens is 275 g/mol. The summed E-state index contributed by atoms with van der Waals surface area (Å²) < 4.78 is 13.6. The minimum atomic E-state index is -0.302. The number of carbonyl (C=O) groups is 1. The van der Waals surface area contributed by atoms with E-state index >= 15 is 0 Å². The molecule has 1 aliphatic rings. The number of rotatable bonds is 1. The summed E-state index contributed by atoms with van der Waals surface area (Å²) in [6.07, 6.45) is 0. The first-order valence-electron chi connectivity index (χ1n) is 5.06. The molecular formula is C11H12BrFN2O. The van der Waals surface area contributed by atoms with Crippen LogP contribution in [-0.2, 0) is 4.79 Å². The smallest absolute Gasteiger partial charge is 0.240 e. The Balaban J connectivity index is 2.39. The summed E-state index contributed by atoms with van der Waals surface area (Å²) >= 11 is 3.14. The second-order valence-electron chi connectivity index (χ2n) is 3.77. The summed E-state index contributed by atoms with van der Waals surface area (Å²) in [5.74, 6) is -0.281. The molecule has 0 bridgehead atoms. The van der Waals surface area contributed by atoms with E-state index in [1.807, 2.05) is 0 Å². The number of halogens is 2. The highest BCUT2D eigenvalue weighted by Crippen LogP contribution is 2.27. The van der Waals surface area contributed by atoms with Crippen LogP contribution in [0.5, 0.6) is 0 Å². The van der Waals surface area contributed by atoms with Gasteiger partial charge < -0.3 is 10.2 Å². The van der Waals surface area contributed by atoms with E-state index in [1.54, 1.807) is 17.9 Å². The molecule has 0 atom stereocenters. The van der Waals surface area contributed by atoms with Gasteiger partial charge in [0.2, 0.25) is 5.91 Å². The zero-order valence-corrected chi connectivity index (χ0v) is 10.5. The Morgan fingerprint density at radius 1 is 1.50 bits per heavy atom. The van der Waals surface area contributed by atoms with E-state index in [4.69, 9.17) is 0 Å². The Kier molecular flexibility index (Phi) is 3.25. The maximum atomic E-state index is 13.3. The largest absolute Gasteiger partial charge is 0.310 e. The number of anilines is 1. The molecule has 1 aromatic rings. The molecule has 1 N–H and O–H groups in total. The van der Waals surface area contributed by atoms with Gasteiger partial charge in [-0.25, -0.2) is 4.39 Å². The van der Waals surface area contributed by atoms with E-state index in [1.165, 1.54) is 6.07 Å². The van der Waals surface area contributed by atoms with E-state index < -0.39 is 0 Å². The SMILES string of the molecule is Cc1cc(F)c(Br)cc1N1CCNCC1=O. The van der Waals surface area contributed by atoms with E-state index in [-0.39, 0.29) is 11.7 Å². The summed E-state index contributed by atoms with van der Waals surface area (Å²) in [4.78, 5) is 13.4. The fourth-order valence-electron chi connectivity index (χ4n) is 1.79. The van der Waals surface area contributed by atoms with Gasteiger partial charge >= 0.3 is 0 Å². The van der Waals surface area contributed by atoms with Gasteiger partial charge in [0, 0.05) is 18.8 Å². The van der Waals surface area contributed by atoms with Crippen LogP contribution in [0.3, 0.4) is 0 Å². The third-order valence-electron chi connectivity index (χ3n) is 2.62. The van der Waals surface area contributed by atoms with Crippen molar-refractivity contribution in [3.63, 3.8) is 0 Å². The average molecular weight is 287 g/mol. The maximum absolute atomic E-state index is 13.3. The molecule has 0 saturated carbocycles. The van der Waals surface area contributed by atoms with Crippen LogP contribution >= 0.6 is 15.9 Å². The molecule has 1 saturated heterocycles. The second kappa shape index (κ2) is 4.51. The van der Waals surface area contributed by atoms with E-state index in [0.717, 1.165) is 17.8 Å². The molecule has 16 heavy (non-hydrogen) atoms. The van der Waals surface area contributed by atoms with Crippen LogP contribution in [0.2, 0.25) is 0 Å². The van der Waals surface area contributed by atoms with Gasteiger partial charge in [-0.2, -0.15) is 0 Å². The highest BCUT2D eigenvalue weighted by atomic mass is 79.9. The Morgan fingerprint density at radius 3 is 2.94 bits per heavy atom. The van der Waals surface area contributed by atoms with Gasteiger partial charge in [0.1, 0.15) is 5.82 Å². The lowest BCUT2D eigenvalue weighted by atomic mass is 10.1. The van der Waals surface area contributed by atoms with E-state index in [0.29, 0.717) is 17.6 Å². The van der Waals surface area contributed by atoms with Crippen LogP contribution in [-0.4, -0.2) is 25.5 Å². The summed E-state index contributed by atoms with van der Waals surface area (Å²) in [5, 5.41) is 3.00. The molecule has 1 fully saturated rings. The van der Waals surface area contributed by atoms with Crippen molar-refractivity contribution in [1.29, 1.82) is 0 Å². The fraction of sp³-hybridized carbons (Fsp3) is 0.364. The molecule has 1 aromatic carbocycles. The zero-order chi connectivity index (χ0) is 11.7. The van der Waals surface area contributed by atoms with Gasteiger partial charge in [0.15, 0.2) is 0 Å². The molecule has 0 radical (unpaired) electrons. The Labute approximate surface area is 102 Å². The normalized spacial score (nSPS) is 16.7. The minimum Gasteiger partial charge on any atom is -0.310 e. The molecule has 1 aliphatic heterocycles. The predicted molar refractivity (Wildman–Crippen MR) is 64.1 cm³/mol. The zero-order valence-electron chi connectivity index (χ0n) is 8.89. The number of aryl methyl sites for hydroxylation is 1. The lowest BCUT2D eigenvalue weighted by Gasteiger charge is -2.28. The first-order chi connectivity index (χ1) is 7.59. The number of nitrogens with zero attached hydrogens (tertiary/aromatic N) is 1. The van der Waals surface area contributed by atoms with Crippen LogP contribution in [0, 0.1) is 12.7 Å². The molecule has 5 heteroatoms. The van der Waals surface area contributed by atoms with Crippen molar-refractivity contribution >= 4 is 27.5 Å². The van der Waals surface area contributed by atoms with Crippen LogP contribution in [0.4, 0.5) is 10.1 Å². The van der Waals surface area contributed by atoms with Crippen LogP contribution in [0.25, 0.3) is 0 Å². The van der Waals surface area contributed by atoms with Crippen molar-refractivity contribution in [3.8, 4) is 0 Å². The Morgan fingerprint density at radius 2 is 2.25 bits per heavy atom. The van der Waals surface area contributed by atoms with Crippen LogP contribution in [0.1, 0.15) is 5.56 Å². The monoisotopic (exact) mass is 286 g/mol. The third-order valence-corrected chi connectivity index (χ3v) is 3.23. The predicted octanol–water partition coefficient (Wildman–Crippen LogP) is 1.83.